The zero-order valence-corrected chi connectivity index (χ0v) is 10.6. The summed E-state index contributed by atoms with van der Waals surface area (Å²) in [6.45, 7) is 8.64. The lowest BCUT2D eigenvalue weighted by molar-refractivity contribution is 0.374. The maximum absolute atomic E-state index is 5.49. The third kappa shape index (κ3) is 4.33. The van der Waals surface area contributed by atoms with Crippen molar-refractivity contribution in [3.63, 3.8) is 0 Å². The van der Waals surface area contributed by atoms with Gasteiger partial charge in [0.25, 0.3) is 9.04 Å². The van der Waals surface area contributed by atoms with Gasteiger partial charge >= 0.3 is 9.76 Å². The predicted molar refractivity (Wildman–Crippen MR) is 59.1 cm³/mol. The van der Waals surface area contributed by atoms with Gasteiger partial charge in [0.15, 0.2) is 0 Å². The molecule has 0 aliphatic carbocycles. The molecule has 1 atom stereocenters. The molecule has 1 nitrogen and oxygen atoms in total. The van der Waals surface area contributed by atoms with Gasteiger partial charge < -0.3 is 4.12 Å². The summed E-state index contributed by atoms with van der Waals surface area (Å²) in [5.41, 5.74) is 5.81. The van der Waals surface area contributed by atoms with E-state index in [1.165, 1.54) is 0 Å². The van der Waals surface area contributed by atoms with Crippen LogP contribution in [-0.2, 0) is 4.12 Å². The van der Waals surface area contributed by atoms with Crippen LogP contribution in [0.4, 0.5) is 0 Å². The van der Waals surface area contributed by atoms with E-state index in [9.17, 15) is 0 Å². The second kappa shape index (κ2) is 5.29. The number of hydrogen-bond acceptors (Lipinski definition) is 1. The Labute approximate surface area is 85.9 Å². The zero-order valence-electron chi connectivity index (χ0n) is 8.64. The average molecular weight is 207 g/mol. The van der Waals surface area contributed by atoms with Crippen LogP contribution in [0.3, 0.4) is 0 Å². The smallest absolute Gasteiger partial charge is 0.321 e. The highest BCUT2D eigenvalue weighted by molar-refractivity contribution is 6.68. The Balaban J connectivity index is 4.28. The van der Waals surface area contributed by atoms with Gasteiger partial charge in [-0.3, -0.25) is 0 Å². The van der Waals surface area contributed by atoms with Crippen LogP contribution in [0.5, 0.6) is 0 Å². The molecule has 0 aliphatic heterocycles. The van der Waals surface area contributed by atoms with Gasteiger partial charge in [0.05, 0.1) is 0 Å². The van der Waals surface area contributed by atoms with E-state index in [-0.39, 0.29) is 15.2 Å². The van der Waals surface area contributed by atoms with Crippen molar-refractivity contribution in [1.82, 2.24) is 0 Å². The predicted octanol–water partition coefficient (Wildman–Crippen LogP) is 1.81. The molecule has 0 rings (SSSR count). The first kappa shape index (κ1) is 12.5. The van der Waals surface area contributed by atoms with E-state index in [1.54, 1.807) is 0 Å². The lowest BCUT2D eigenvalue weighted by Gasteiger charge is -2.29. The summed E-state index contributed by atoms with van der Waals surface area (Å²) in [4.78, 5) is 0. The van der Waals surface area contributed by atoms with Crippen molar-refractivity contribution < 1.29 is 4.12 Å². The van der Waals surface area contributed by atoms with Crippen LogP contribution in [0, 0.1) is 29.3 Å². The second-order valence-electron chi connectivity index (χ2n) is 3.94. The zero-order chi connectivity index (χ0) is 10.5. The van der Waals surface area contributed by atoms with Gasteiger partial charge in [-0.1, -0.05) is 27.7 Å². The number of hydrogen-bond donors (Lipinski definition) is 0. The molecule has 69 valence electrons. The Hall–Kier alpha value is -0.486. The standard InChI is InChI=1S/C10H15OSi2/c1-7-12-11-13(8-2)9(3)10(4,5)6/h1-2,9H,3-6H3. The fourth-order valence-electron chi connectivity index (χ4n) is 0.721. The van der Waals surface area contributed by atoms with E-state index >= 15 is 0 Å². The Morgan fingerprint density at radius 2 is 1.92 bits per heavy atom. The molecule has 0 saturated carbocycles. The van der Waals surface area contributed by atoms with Crippen molar-refractivity contribution >= 4 is 18.8 Å². The first-order valence-electron chi connectivity index (χ1n) is 4.14. The van der Waals surface area contributed by atoms with Crippen LogP contribution < -0.4 is 0 Å². The molecule has 13 heavy (non-hydrogen) atoms. The van der Waals surface area contributed by atoms with E-state index in [4.69, 9.17) is 17.0 Å². The molecule has 1 unspecified atom stereocenters. The van der Waals surface area contributed by atoms with Gasteiger partial charge in [-0.15, -0.1) is 23.9 Å². The summed E-state index contributed by atoms with van der Waals surface area (Å²) in [5.74, 6) is 0. The molecule has 3 radical (unpaired) electrons. The molecule has 0 saturated heterocycles. The molecule has 0 fully saturated rings. The van der Waals surface area contributed by atoms with E-state index in [1.807, 2.05) is 0 Å². The third-order valence-corrected chi connectivity index (χ3v) is 5.40. The summed E-state index contributed by atoms with van der Waals surface area (Å²) in [6, 6.07) is 0. The van der Waals surface area contributed by atoms with Gasteiger partial charge in [0, 0.05) is 0 Å². The molecule has 0 aromatic heterocycles. The highest BCUT2D eigenvalue weighted by atomic mass is 28.3. The minimum Gasteiger partial charge on any atom is -0.437 e. The highest BCUT2D eigenvalue weighted by Gasteiger charge is 2.30. The van der Waals surface area contributed by atoms with E-state index < -0.39 is 9.04 Å². The molecule has 0 bridgehead atoms. The Kier molecular flexibility index (Phi) is 5.09. The minimum absolute atomic E-state index is 0.104. The first-order valence-corrected chi connectivity index (χ1v) is 6.53. The van der Waals surface area contributed by atoms with Gasteiger partial charge in [-0.2, -0.15) is 0 Å². The molecular weight excluding hydrogens is 192 g/mol. The second-order valence-corrected chi connectivity index (χ2v) is 7.14. The van der Waals surface area contributed by atoms with Crippen molar-refractivity contribution in [3.05, 3.63) is 0 Å². The monoisotopic (exact) mass is 207 g/mol. The molecule has 0 aromatic carbocycles. The largest absolute Gasteiger partial charge is 0.437 e. The topological polar surface area (TPSA) is 9.23 Å². The Morgan fingerprint density at radius 3 is 2.23 bits per heavy atom. The minimum atomic E-state index is -1.18. The average Bonchev–Trinajstić information content (AvgIpc) is 2.04. The normalized spacial score (nSPS) is 13.5. The van der Waals surface area contributed by atoms with E-state index in [0.717, 1.165) is 0 Å². The summed E-state index contributed by atoms with van der Waals surface area (Å²) < 4.78 is 5.49. The molecule has 0 N–H and O–H groups in total. The third-order valence-electron chi connectivity index (χ3n) is 2.05. The van der Waals surface area contributed by atoms with Crippen molar-refractivity contribution in [3.8, 4) is 23.9 Å². The van der Waals surface area contributed by atoms with E-state index in [0.29, 0.717) is 5.54 Å². The van der Waals surface area contributed by atoms with Crippen molar-refractivity contribution in [1.29, 1.82) is 0 Å². The molecular formula is C10H15OSi2. The van der Waals surface area contributed by atoms with Crippen molar-refractivity contribution in [2.75, 3.05) is 0 Å². The summed E-state index contributed by atoms with van der Waals surface area (Å²) in [6.07, 6.45) is 10.5. The van der Waals surface area contributed by atoms with Gasteiger partial charge in [-0.25, -0.2) is 0 Å². The maximum Gasteiger partial charge on any atom is 0.321 e. The van der Waals surface area contributed by atoms with Crippen LogP contribution in [0.2, 0.25) is 5.54 Å². The molecule has 0 heterocycles. The highest BCUT2D eigenvalue weighted by Crippen LogP contribution is 2.32. The molecule has 0 aromatic rings. The van der Waals surface area contributed by atoms with Gasteiger partial charge in [-0.05, 0) is 11.0 Å². The van der Waals surface area contributed by atoms with Crippen molar-refractivity contribution in [2.45, 2.75) is 33.2 Å². The maximum atomic E-state index is 5.49. The van der Waals surface area contributed by atoms with Gasteiger partial charge in [0.2, 0.25) is 0 Å². The molecule has 0 amide bonds. The Morgan fingerprint density at radius 1 is 1.38 bits per heavy atom. The fourth-order valence-corrected chi connectivity index (χ4v) is 3.38. The first-order chi connectivity index (χ1) is 5.93. The van der Waals surface area contributed by atoms with Crippen LogP contribution >= 0.6 is 0 Å². The summed E-state index contributed by atoms with van der Waals surface area (Å²) in [7, 11) is -1.08. The van der Waals surface area contributed by atoms with Crippen LogP contribution in [0.15, 0.2) is 0 Å². The lowest BCUT2D eigenvalue weighted by Crippen LogP contribution is -2.31. The summed E-state index contributed by atoms with van der Waals surface area (Å²) in [5, 5.41) is 0. The van der Waals surface area contributed by atoms with Crippen LogP contribution in [0.1, 0.15) is 27.7 Å². The lowest BCUT2D eigenvalue weighted by atomic mass is 9.93. The van der Waals surface area contributed by atoms with Gasteiger partial charge in [0.1, 0.15) is 0 Å². The molecule has 0 spiro atoms. The number of rotatable bonds is 3. The SMILES string of the molecule is C#C[Si]O[Si](C#C)C(C)C(C)(C)C. The Bertz CT molecular complexity index is 229. The van der Waals surface area contributed by atoms with E-state index in [2.05, 4.69) is 38.8 Å². The molecule has 0 aliphatic rings. The van der Waals surface area contributed by atoms with Crippen LogP contribution in [0.25, 0.3) is 0 Å². The summed E-state index contributed by atoms with van der Waals surface area (Å²) >= 11 is 0. The van der Waals surface area contributed by atoms with Crippen molar-refractivity contribution in [2.24, 2.45) is 5.41 Å². The quantitative estimate of drug-likeness (QED) is 0.507. The fraction of sp³-hybridized carbons (Fsp3) is 0.600. The molecule has 3 heteroatoms. The number of terminal acetylenes is 2. The van der Waals surface area contributed by atoms with Crippen LogP contribution in [-0.4, -0.2) is 18.8 Å².